The van der Waals surface area contributed by atoms with Crippen molar-refractivity contribution in [2.75, 3.05) is 11.5 Å². The van der Waals surface area contributed by atoms with Crippen molar-refractivity contribution in [3.8, 4) is 0 Å². The minimum absolute atomic E-state index is 0.0836. The second kappa shape index (κ2) is 8.13. The van der Waals surface area contributed by atoms with E-state index < -0.39 is 9.84 Å². The number of nitrogens with zero attached hydrogens (tertiary/aromatic N) is 2. The van der Waals surface area contributed by atoms with Gasteiger partial charge in [0.15, 0.2) is 15.0 Å². The fraction of sp³-hybridized carbons (Fsp3) is 0.333. The predicted molar refractivity (Wildman–Crippen MR) is 118 cm³/mol. The predicted octanol–water partition coefficient (Wildman–Crippen LogP) is 3.49. The van der Waals surface area contributed by atoms with E-state index in [9.17, 15) is 13.2 Å². The van der Waals surface area contributed by atoms with Crippen LogP contribution in [0.4, 0.5) is 0 Å². The minimum Gasteiger partial charge on any atom is -0.342 e. The zero-order chi connectivity index (χ0) is 20.6. The van der Waals surface area contributed by atoms with Gasteiger partial charge in [0, 0.05) is 16.8 Å². The van der Waals surface area contributed by atoms with Crippen molar-refractivity contribution in [2.45, 2.75) is 31.2 Å². The van der Waals surface area contributed by atoms with Crippen LogP contribution in [0.25, 0.3) is 0 Å². The molecule has 2 fully saturated rings. The maximum absolute atomic E-state index is 12.6. The molecule has 2 aliphatic heterocycles. The highest BCUT2D eigenvalue weighted by Crippen LogP contribution is 2.39. The number of carbonyl (C=O) groups excluding carboxylic acids is 1. The molecule has 0 aromatic heterocycles. The van der Waals surface area contributed by atoms with Crippen molar-refractivity contribution < 1.29 is 13.2 Å². The molecule has 8 heteroatoms. The van der Waals surface area contributed by atoms with Gasteiger partial charge in [-0.2, -0.15) is 4.99 Å². The van der Waals surface area contributed by atoms with Gasteiger partial charge in [0.05, 0.1) is 24.0 Å². The first kappa shape index (κ1) is 20.4. The molecule has 2 aliphatic rings. The summed E-state index contributed by atoms with van der Waals surface area (Å²) in [6.45, 7) is 2.43. The topological polar surface area (TPSA) is 66.8 Å². The van der Waals surface area contributed by atoms with E-state index in [-0.39, 0.29) is 35.1 Å². The van der Waals surface area contributed by atoms with Crippen LogP contribution < -0.4 is 0 Å². The van der Waals surface area contributed by atoms with Gasteiger partial charge in [0.25, 0.3) is 5.91 Å². The first-order chi connectivity index (χ1) is 13.8. The highest BCUT2D eigenvalue weighted by Gasteiger charge is 2.48. The van der Waals surface area contributed by atoms with E-state index in [0.29, 0.717) is 16.7 Å². The largest absolute Gasteiger partial charge is 0.342 e. The van der Waals surface area contributed by atoms with Crippen LogP contribution in [-0.2, 0) is 27.6 Å². The molecule has 0 spiro atoms. The smallest absolute Gasteiger partial charge is 0.252 e. The molecule has 2 aromatic carbocycles. The van der Waals surface area contributed by atoms with Crippen molar-refractivity contribution >= 4 is 44.3 Å². The van der Waals surface area contributed by atoms with E-state index in [1.807, 2.05) is 60.4 Å². The minimum atomic E-state index is -3.08. The summed E-state index contributed by atoms with van der Waals surface area (Å²) in [6.07, 6.45) is 0.220. The van der Waals surface area contributed by atoms with Gasteiger partial charge < -0.3 is 4.90 Å². The van der Waals surface area contributed by atoms with Gasteiger partial charge >= 0.3 is 0 Å². The lowest BCUT2D eigenvalue weighted by molar-refractivity contribution is -0.117. The van der Waals surface area contributed by atoms with Crippen LogP contribution in [0.5, 0.6) is 0 Å². The number of amides is 1. The molecule has 29 heavy (non-hydrogen) atoms. The van der Waals surface area contributed by atoms with E-state index in [2.05, 4.69) is 4.99 Å². The van der Waals surface area contributed by atoms with E-state index in [1.165, 1.54) is 11.8 Å². The summed E-state index contributed by atoms with van der Waals surface area (Å²) in [5, 5.41) is 1.10. The molecule has 2 heterocycles. The van der Waals surface area contributed by atoms with Crippen LogP contribution in [-0.4, -0.2) is 47.2 Å². The number of aliphatic imine (C=N–C) groups is 1. The zero-order valence-corrected chi connectivity index (χ0v) is 18.3. The molecular weight excluding hydrogens is 428 g/mol. The standard InChI is InChI=1S/C21H21ClN2O3S2/c1-14-6-8-15(9-7-14)10-20(25)23-21-24(11-16-4-2-3-5-17(16)22)18-12-29(26,27)13-19(18)28-21/h2-9,18-19H,10-13H2,1H3/t18-,19-/m1/s1. The summed E-state index contributed by atoms with van der Waals surface area (Å²) in [4.78, 5) is 18.9. The zero-order valence-electron chi connectivity index (χ0n) is 15.9. The molecule has 0 unspecified atom stereocenters. The fourth-order valence-electron chi connectivity index (χ4n) is 3.66. The number of rotatable bonds is 4. The molecule has 0 aliphatic carbocycles. The number of hydrogen-bond donors (Lipinski definition) is 0. The van der Waals surface area contributed by atoms with Crippen LogP contribution in [0.1, 0.15) is 16.7 Å². The van der Waals surface area contributed by atoms with Crippen LogP contribution in [0.3, 0.4) is 0 Å². The molecule has 0 N–H and O–H groups in total. The summed E-state index contributed by atoms with van der Waals surface area (Å²) >= 11 is 7.71. The normalized spacial score (nSPS) is 24.1. The van der Waals surface area contributed by atoms with Crippen molar-refractivity contribution in [1.82, 2.24) is 4.90 Å². The summed E-state index contributed by atoms with van der Waals surface area (Å²) in [5.41, 5.74) is 2.94. The van der Waals surface area contributed by atoms with Gasteiger partial charge in [-0.15, -0.1) is 0 Å². The number of fused-ring (bicyclic) bond motifs is 1. The number of carbonyl (C=O) groups is 1. The average molecular weight is 449 g/mol. The Bertz CT molecular complexity index is 1070. The third kappa shape index (κ3) is 4.68. The second-order valence-electron chi connectivity index (χ2n) is 7.47. The molecule has 2 atom stereocenters. The second-order valence-corrected chi connectivity index (χ2v) is 11.2. The van der Waals surface area contributed by atoms with E-state index >= 15 is 0 Å². The van der Waals surface area contributed by atoms with Crippen molar-refractivity contribution in [1.29, 1.82) is 0 Å². The number of sulfone groups is 1. The Morgan fingerprint density at radius 2 is 1.90 bits per heavy atom. The van der Waals surface area contributed by atoms with E-state index in [4.69, 9.17) is 11.6 Å². The molecule has 4 rings (SSSR count). The quantitative estimate of drug-likeness (QED) is 0.716. The Balaban J connectivity index is 1.58. The lowest BCUT2D eigenvalue weighted by Crippen LogP contribution is -2.37. The summed E-state index contributed by atoms with van der Waals surface area (Å²) in [6, 6.07) is 15.1. The Morgan fingerprint density at radius 3 is 2.62 bits per heavy atom. The number of hydrogen-bond acceptors (Lipinski definition) is 4. The van der Waals surface area contributed by atoms with Crippen molar-refractivity contribution in [3.63, 3.8) is 0 Å². The molecule has 2 saturated heterocycles. The lowest BCUT2D eigenvalue weighted by atomic mass is 10.1. The third-order valence-corrected chi connectivity index (χ3v) is 8.79. The monoisotopic (exact) mass is 448 g/mol. The van der Waals surface area contributed by atoms with Crippen LogP contribution >= 0.6 is 23.4 Å². The number of benzene rings is 2. The first-order valence-corrected chi connectivity index (χ1v) is 12.4. The summed E-state index contributed by atoms with van der Waals surface area (Å²) in [5.74, 6) is -0.0318. The number of halogens is 1. The molecule has 5 nitrogen and oxygen atoms in total. The van der Waals surface area contributed by atoms with Gasteiger partial charge in [0.2, 0.25) is 0 Å². The van der Waals surface area contributed by atoms with E-state index in [1.54, 1.807) is 0 Å². The number of thioether (sulfide) groups is 1. The molecule has 0 saturated carbocycles. The number of amidine groups is 1. The van der Waals surface area contributed by atoms with E-state index in [0.717, 1.165) is 16.7 Å². The third-order valence-electron chi connectivity index (χ3n) is 5.17. The molecule has 1 amide bonds. The molecule has 0 radical (unpaired) electrons. The van der Waals surface area contributed by atoms with Gasteiger partial charge in [0.1, 0.15) is 0 Å². The number of aryl methyl sites for hydroxylation is 1. The van der Waals surface area contributed by atoms with Gasteiger partial charge in [-0.1, -0.05) is 71.4 Å². The van der Waals surface area contributed by atoms with Crippen LogP contribution in [0.2, 0.25) is 5.02 Å². The van der Waals surface area contributed by atoms with Gasteiger partial charge in [-0.25, -0.2) is 8.42 Å². The Kier molecular flexibility index (Phi) is 5.73. The molecular formula is C21H21ClN2O3S2. The highest BCUT2D eigenvalue weighted by molar-refractivity contribution is 8.15. The maximum atomic E-state index is 12.6. The highest BCUT2D eigenvalue weighted by atomic mass is 35.5. The average Bonchev–Trinajstić information content (AvgIpc) is 3.11. The fourth-order valence-corrected chi connectivity index (χ4v) is 7.82. The molecule has 152 valence electrons. The van der Waals surface area contributed by atoms with Crippen LogP contribution in [0.15, 0.2) is 53.5 Å². The van der Waals surface area contributed by atoms with Crippen molar-refractivity contribution in [2.24, 2.45) is 4.99 Å². The summed E-state index contributed by atoms with van der Waals surface area (Å²) in [7, 11) is -3.08. The Labute approximate surface area is 180 Å². The summed E-state index contributed by atoms with van der Waals surface area (Å²) < 4.78 is 24.3. The molecule has 2 aromatic rings. The van der Waals surface area contributed by atoms with Gasteiger partial charge in [-0.05, 0) is 24.1 Å². The Hall–Kier alpha value is -1.83. The van der Waals surface area contributed by atoms with Crippen molar-refractivity contribution in [3.05, 3.63) is 70.2 Å². The van der Waals surface area contributed by atoms with Crippen LogP contribution in [0, 0.1) is 6.92 Å². The maximum Gasteiger partial charge on any atom is 0.252 e. The van der Waals surface area contributed by atoms with Gasteiger partial charge in [-0.3, -0.25) is 4.79 Å². The lowest BCUT2D eigenvalue weighted by Gasteiger charge is -2.25. The first-order valence-electron chi connectivity index (χ1n) is 9.35. The SMILES string of the molecule is Cc1ccc(CC(=O)N=C2S[C@@H]3CS(=O)(=O)C[C@H]3N2Cc2ccccc2Cl)cc1. The molecule has 0 bridgehead atoms. The Morgan fingerprint density at radius 1 is 1.17 bits per heavy atom.